The molecule has 3 heteroatoms. The van der Waals surface area contributed by atoms with Gasteiger partial charge in [0.25, 0.3) is 0 Å². The van der Waals surface area contributed by atoms with E-state index in [0.29, 0.717) is 6.54 Å². The predicted molar refractivity (Wildman–Crippen MR) is 44.5 cm³/mol. The molecule has 0 radical (unpaired) electrons. The van der Waals surface area contributed by atoms with Gasteiger partial charge in [-0.25, -0.2) is 4.39 Å². The van der Waals surface area contributed by atoms with Gasteiger partial charge in [-0.2, -0.15) is 0 Å². The van der Waals surface area contributed by atoms with Crippen molar-refractivity contribution < 1.29 is 4.39 Å². The van der Waals surface area contributed by atoms with E-state index in [1.165, 1.54) is 12.8 Å². The van der Waals surface area contributed by atoms with Gasteiger partial charge in [0, 0.05) is 25.7 Å². The maximum absolute atomic E-state index is 11.8. The van der Waals surface area contributed by atoms with E-state index in [1.54, 1.807) is 0 Å². The monoisotopic (exact) mass is 160 g/mol. The molecular formula is C8H17FN2. The molecule has 1 fully saturated rings. The summed E-state index contributed by atoms with van der Waals surface area (Å²) in [6, 6.07) is 0.772. The standard InChI is InChI=1S/C8H17FN2/c1-11(6-4-9)7-5-10-8-2-3-8/h8,10H,2-7H2,1H3. The predicted octanol–water partition coefficient (Wildman–Crippen LogP) is 0.640. The summed E-state index contributed by atoms with van der Waals surface area (Å²) >= 11 is 0. The second-order valence-corrected chi connectivity index (χ2v) is 3.22. The molecule has 0 aromatic rings. The molecule has 0 atom stereocenters. The fourth-order valence-corrected chi connectivity index (χ4v) is 1.00. The van der Waals surface area contributed by atoms with E-state index in [4.69, 9.17) is 0 Å². The SMILES string of the molecule is CN(CCF)CCNC1CC1. The molecule has 0 heterocycles. The number of hydrogen-bond donors (Lipinski definition) is 1. The summed E-state index contributed by atoms with van der Waals surface area (Å²) in [5.74, 6) is 0. The van der Waals surface area contributed by atoms with Gasteiger partial charge in [-0.1, -0.05) is 0 Å². The largest absolute Gasteiger partial charge is 0.313 e. The Morgan fingerprint density at radius 1 is 1.45 bits per heavy atom. The summed E-state index contributed by atoms with van der Waals surface area (Å²) in [6.07, 6.45) is 2.65. The molecule has 1 saturated carbocycles. The highest BCUT2D eigenvalue weighted by atomic mass is 19.1. The molecule has 0 spiro atoms. The summed E-state index contributed by atoms with van der Waals surface area (Å²) in [5.41, 5.74) is 0. The third kappa shape index (κ3) is 4.32. The first-order valence-electron chi connectivity index (χ1n) is 4.31. The van der Waals surface area contributed by atoms with Crippen LogP contribution in [0.3, 0.4) is 0 Å². The minimum absolute atomic E-state index is 0.236. The maximum Gasteiger partial charge on any atom is 0.102 e. The smallest absolute Gasteiger partial charge is 0.102 e. The Bertz CT molecular complexity index is 104. The molecule has 0 bridgehead atoms. The molecule has 1 rings (SSSR count). The Kier molecular flexibility index (Phi) is 3.80. The summed E-state index contributed by atoms with van der Waals surface area (Å²) < 4.78 is 11.8. The van der Waals surface area contributed by atoms with Crippen molar-refractivity contribution >= 4 is 0 Å². The molecule has 2 nitrogen and oxygen atoms in total. The summed E-state index contributed by atoms with van der Waals surface area (Å²) in [5, 5.41) is 3.38. The van der Waals surface area contributed by atoms with E-state index >= 15 is 0 Å². The van der Waals surface area contributed by atoms with Crippen molar-refractivity contribution in [3.63, 3.8) is 0 Å². The van der Waals surface area contributed by atoms with E-state index < -0.39 is 0 Å². The number of likely N-dealkylation sites (N-methyl/N-ethyl adjacent to an activating group) is 1. The molecular weight excluding hydrogens is 143 g/mol. The molecule has 0 aromatic carbocycles. The van der Waals surface area contributed by atoms with E-state index in [1.807, 2.05) is 11.9 Å². The zero-order chi connectivity index (χ0) is 8.10. The zero-order valence-electron chi connectivity index (χ0n) is 7.15. The number of nitrogens with one attached hydrogen (secondary N) is 1. The quantitative estimate of drug-likeness (QED) is 0.613. The first-order valence-corrected chi connectivity index (χ1v) is 4.31. The average Bonchev–Trinajstić information content (AvgIpc) is 2.72. The van der Waals surface area contributed by atoms with Crippen LogP contribution in [0.5, 0.6) is 0 Å². The highest BCUT2D eigenvalue weighted by Gasteiger charge is 2.19. The fourth-order valence-electron chi connectivity index (χ4n) is 1.00. The van der Waals surface area contributed by atoms with E-state index in [0.717, 1.165) is 19.1 Å². The summed E-state index contributed by atoms with van der Waals surface area (Å²) in [6.45, 7) is 2.29. The lowest BCUT2D eigenvalue weighted by Crippen LogP contribution is -2.31. The lowest BCUT2D eigenvalue weighted by atomic mass is 10.5. The minimum atomic E-state index is -0.236. The van der Waals surface area contributed by atoms with Gasteiger partial charge in [-0.15, -0.1) is 0 Å². The Labute approximate surface area is 67.8 Å². The van der Waals surface area contributed by atoms with E-state index in [2.05, 4.69) is 5.32 Å². The van der Waals surface area contributed by atoms with Crippen LogP contribution in [0.4, 0.5) is 4.39 Å². The van der Waals surface area contributed by atoms with E-state index in [9.17, 15) is 4.39 Å². The number of rotatable bonds is 6. The lowest BCUT2D eigenvalue weighted by molar-refractivity contribution is 0.294. The number of hydrogen-bond acceptors (Lipinski definition) is 2. The van der Waals surface area contributed by atoms with Crippen molar-refractivity contribution in [3.8, 4) is 0 Å². The molecule has 1 aliphatic carbocycles. The van der Waals surface area contributed by atoms with Gasteiger partial charge in [0.1, 0.15) is 6.67 Å². The van der Waals surface area contributed by atoms with Crippen LogP contribution in [-0.4, -0.2) is 44.3 Å². The van der Waals surface area contributed by atoms with Crippen LogP contribution in [0, 0.1) is 0 Å². The number of nitrogens with zero attached hydrogens (tertiary/aromatic N) is 1. The van der Waals surface area contributed by atoms with Gasteiger partial charge in [0.2, 0.25) is 0 Å². The van der Waals surface area contributed by atoms with Crippen molar-refractivity contribution in [2.75, 3.05) is 33.4 Å². The van der Waals surface area contributed by atoms with Crippen LogP contribution in [0.15, 0.2) is 0 Å². The van der Waals surface area contributed by atoms with Gasteiger partial charge in [0.05, 0.1) is 0 Å². The topological polar surface area (TPSA) is 15.3 Å². The van der Waals surface area contributed by atoms with Crippen LogP contribution < -0.4 is 5.32 Å². The van der Waals surface area contributed by atoms with Gasteiger partial charge in [0.15, 0.2) is 0 Å². The van der Waals surface area contributed by atoms with Crippen LogP contribution in [-0.2, 0) is 0 Å². The molecule has 1 aliphatic rings. The normalized spacial score (nSPS) is 17.7. The van der Waals surface area contributed by atoms with Crippen LogP contribution in [0.2, 0.25) is 0 Å². The second kappa shape index (κ2) is 4.67. The van der Waals surface area contributed by atoms with Crippen molar-refractivity contribution in [2.24, 2.45) is 0 Å². The van der Waals surface area contributed by atoms with Gasteiger partial charge in [-0.3, -0.25) is 0 Å². The zero-order valence-corrected chi connectivity index (χ0v) is 7.15. The highest BCUT2D eigenvalue weighted by Crippen LogP contribution is 2.17. The molecule has 0 unspecified atom stereocenters. The lowest BCUT2D eigenvalue weighted by Gasteiger charge is -2.14. The minimum Gasteiger partial charge on any atom is -0.313 e. The van der Waals surface area contributed by atoms with Crippen LogP contribution in [0.25, 0.3) is 0 Å². The molecule has 0 amide bonds. The third-order valence-corrected chi connectivity index (χ3v) is 1.97. The average molecular weight is 160 g/mol. The van der Waals surface area contributed by atoms with Crippen molar-refractivity contribution in [2.45, 2.75) is 18.9 Å². The second-order valence-electron chi connectivity index (χ2n) is 3.22. The molecule has 11 heavy (non-hydrogen) atoms. The summed E-state index contributed by atoms with van der Waals surface area (Å²) in [4.78, 5) is 2.01. The van der Waals surface area contributed by atoms with Crippen LogP contribution in [0.1, 0.15) is 12.8 Å². The summed E-state index contributed by atoms with van der Waals surface area (Å²) in [7, 11) is 1.95. The number of halogens is 1. The van der Waals surface area contributed by atoms with Crippen LogP contribution >= 0.6 is 0 Å². The van der Waals surface area contributed by atoms with Gasteiger partial charge >= 0.3 is 0 Å². The van der Waals surface area contributed by atoms with Crippen molar-refractivity contribution in [3.05, 3.63) is 0 Å². The highest BCUT2D eigenvalue weighted by molar-refractivity contribution is 4.80. The van der Waals surface area contributed by atoms with Gasteiger partial charge < -0.3 is 10.2 Å². The first kappa shape index (κ1) is 8.94. The first-order chi connectivity index (χ1) is 5.33. The fraction of sp³-hybridized carbons (Fsp3) is 1.00. The van der Waals surface area contributed by atoms with Gasteiger partial charge in [-0.05, 0) is 19.9 Å². The van der Waals surface area contributed by atoms with Crippen molar-refractivity contribution in [1.29, 1.82) is 0 Å². The maximum atomic E-state index is 11.8. The molecule has 0 aliphatic heterocycles. The molecule has 1 N–H and O–H groups in total. The Morgan fingerprint density at radius 3 is 2.73 bits per heavy atom. The van der Waals surface area contributed by atoms with Crippen molar-refractivity contribution in [1.82, 2.24) is 10.2 Å². The molecule has 0 saturated heterocycles. The third-order valence-electron chi connectivity index (χ3n) is 1.97. The number of alkyl halides is 1. The van der Waals surface area contributed by atoms with E-state index in [-0.39, 0.29) is 6.67 Å². The molecule has 66 valence electrons. The Hall–Kier alpha value is -0.150. The Balaban J connectivity index is 1.84. The molecule has 0 aromatic heterocycles. The Morgan fingerprint density at radius 2 is 2.18 bits per heavy atom.